The Hall–Kier alpha value is -0.490. The molecule has 2 rings (SSSR count). The first kappa shape index (κ1) is 15.9. The number of halogens is 3. The van der Waals surface area contributed by atoms with Crippen LogP contribution >= 0.6 is 27.5 Å². The van der Waals surface area contributed by atoms with Crippen LogP contribution in [0.15, 0.2) is 16.6 Å². The van der Waals surface area contributed by atoms with Gasteiger partial charge in [-0.1, -0.05) is 18.5 Å². The van der Waals surface area contributed by atoms with Crippen LogP contribution in [0.1, 0.15) is 23.7 Å². The molecule has 1 aliphatic rings. The molecule has 1 aliphatic heterocycles. The Kier molecular flexibility index (Phi) is 5.55. The second-order valence-corrected chi connectivity index (χ2v) is 5.98. The summed E-state index contributed by atoms with van der Waals surface area (Å²) in [5.41, 5.74) is -0.0125. The summed E-state index contributed by atoms with van der Waals surface area (Å²) in [4.78, 5) is 14.5. The van der Waals surface area contributed by atoms with E-state index in [4.69, 9.17) is 16.3 Å². The van der Waals surface area contributed by atoms with Crippen molar-refractivity contribution in [2.75, 3.05) is 26.2 Å². The first-order valence-corrected chi connectivity index (χ1v) is 7.73. The molecule has 0 bridgehead atoms. The van der Waals surface area contributed by atoms with Crippen LogP contribution in [0.3, 0.4) is 0 Å². The highest BCUT2D eigenvalue weighted by atomic mass is 79.9. The number of hydrogen-bond donors (Lipinski definition) is 0. The van der Waals surface area contributed by atoms with Crippen molar-refractivity contribution in [2.45, 2.75) is 19.4 Å². The van der Waals surface area contributed by atoms with E-state index in [9.17, 15) is 9.18 Å². The lowest BCUT2D eigenvalue weighted by Gasteiger charge is -2.31. The van der Waals surface area contributed by atoms with Crippen molar-refractivity contribution < 1.29 is 13.9 Å². The Morgan fingerprint density at radius 3 is 3.05 bits per heavy atom. The average molecular weight is 365 g/mol. The van der Waals surface area contributed by atoms with Gasteiger partial charge in [0.15, 0.2) is 11.6 Å². The first-order valence-electron chi connectivity index (χ1n) is 6.56. The van der Waals surface area contributed by atoms with Crippen LogP contribution in [0.25, 0.3) is 0 Å². The number of hydrogen-bond acceptors (Lipinski definition) is 3. The maximum Gasteiger partial charge on any atom is 0.195 e. The summed E-state index contributed by atoms with van der Waals surface area (Å²) in [6.07, 6.45) is 0.390. The normalized spacial score (nSPS) is 20.1. The van der Waals surface area contributed by atoms with Crippen LogP contribution in [0.5, 0.6) is 0 Å². The highest BCUT2D eigenvalue weighted by molar-refractivity contribution is 9.10. The number of carbonyl (C=O) groups is 1. The van der Waals surface area contributed by atoms with Gasteiger partial charge in [-0.2, -0.15) is 0 Å². The number of benzene rings is 1. The van der Waals surface area contributed by atoms with Gasteiger partial charge in [-0.25, -0.2) is 4.39 Å². The standard InChI is InChI=1S/C14H16BrClFNO2/c1-2-5-18-6-7-20-11(8-18)14(19)9-3-4-10(15)12(16)13(9)17/h3-4,11H,2,5-8H2,1H3. The van der Waals surface area contributed by atoms with Crippen molar-refractivity contribution >= 4 is 33.3 Å². The molecule has 1 aromatic rings. The van der Waals surface area contributed by atoms with Crippen LogP contribution in [0.2, 0.25) is 5.02 Å². The third kappa shape index (κ3) is 3.39. The largest absolute Gasteiger partial charge is 0.367 e. The molecule has 1 saturated heterocycles. The van der Waals surface area contributed by atoms with E-state index in [-0.39, 0.29) is 16.4 Å². The van der Waals surface area contributed by atoms with Crippen LogP contribution in [-0.4, -0.2) is 43.0 Å². The molecule has 0 aliphatic carbocycles. The van der Waals surface area contributed by atoms with Gasteiger partial charge >= 0.3 is 0 Å². The first-order chi connectivity index (χ1) is 9.54. The molecule has 1 heterocycles. The van der Waals surface area contributed by atoms with Crippen molar-refractivity contribution in [3.63, 3.8) is 0 Å². The molecule has 1 unspecified atom stereocenters. The lowest BCUT2D eigenvalue weighted by atomic mass is 10.0. The molecule has 110 valence electrons. The van der Waals surface area contributed by atoms with Gasteiger partial charge in [0.1, 0.15) is 6.10 Å². The molecular formula is C14H16BrClFNO2. The Morgan fingerprint density at radius 2 is 2.35 bits per heavy atom. The predicted octanol–water partition coefficient (Wildman–Crippen LogP) is 3.54. The zero-order chi connectivity index (χ0) is 14.7. The smallest absolute Gasteiger partial charge is 0.195 e. The molecule has 0 radical (unpaired) electrons. The fourth-order valence-electron chi connectivity index (χ4n) is 2.27. The summed E-state index contributed by atoms with van der Waals surface area (Å²) in [6.45, 7) is 4.79. The number of ether oxygens (including phenoxy) is 1. The molecule has 3 nitrogen and oxygen atoms in total. The average Bonchev–Trinajstić information content (AvgIpc) is 2.45. The minimum absolute atomic E-state index is 0.0125. The third-order valence-electron chi connectivity index (χ3n) is 3.28. The molecule has 1 fully saturated rings. The monoisotopic (exact) mass is 363 g/mol. The second kappa shape index (κ2) is 6.98. The number of Topliss-reactive ketones (excluding diaryl/α,β-unsaturated/α-hetero) is 1. The van der Waals surface area contributed by atoms with E-state index in [0.717, 1.165) is 19.5 Å². The van der Waals surface area contributed by atoms with Gasteiger partial charge in [0, 0.05) is 17.6 Å². The molecule has 0 amide bonds. The quantitative estimate of drug-likeness (QED) is 0.604. The summed E-state index contributed by atoms with van der Waals surface area (Å²) in [5.74, 6) is -1.04. The van der Waals surface area contributed by atoms with Gasteiger partial charge < -0.3 is 4.74 Å². The molecule has 1 atom stereocenters. The van der Waals surface area contributed by atoms with Crippen molar-refractivity contribution in [3.05, 3.63) is 33.0 Å². The molecule has 0 saturated carbocycles. The van der Waals surface area contributed by atoms with E-state index < -0.39 is 11.9 Å². The van der Waals surface area contributed by atoms with Crippen molar-refractivity contribution in [1.29, 1.82) is 0 Å². The Morgan fingerprint density at radius 1 is 1.60 bits per heavy atom. The lowest BCUT2D eigenvalue weighted by molar-refractivity contribution is -0.0165. The van der Waals surface area contributed by atoms with Crippen LogP contribution < -0.4 is 0 Å². The molecule has 20 heavy (non-hydrogen) atoms. The molecular weight excluding hydrogens is 349 g/mol. The number of rotatable bonds is 4. The van der Waals surface area contributed by atoms with E-state index in [1.165, 1.54) is 6.07 Å². The summed E-state index contributed by atoms with van der Waals surface area (Å²) < 4.78 is 20.0. The van der Waals surface area contributed by atoms with E-state index in [1.807, 2.05) is 0 Å². The highest BCUT2D eigenvalue weighted by Crippen LogP contribution is 2.28. The van der Waals surface area contributed by atoms with Crippen molar-refractivity contribution in [1.82, 2.24) is 4.90 Å². The van der Waals surface area contributed by atoms with Gasteiger partial charge in [-0.15, -0.1) is 0 Å². The Labute approximate surface area is 131 Å². The van der Waals surface area contributed by atoms with E-state index >= 15 is 0 Å². The Bertz CT molecular complexity index is 510. The van der Waals surface area contributed by atoms with Gasteiger partial charge in [0.05, 0.1) is 17.2 Å². The molecule has 0 N–H and O–H groups in total. The lowest BCUT2D eigenvalue weighted by Crippen LogP contribution is -2.46. The van der Waals surface area contributed by atoms with Gasteiger partial charge in [-0.05, 0) is 41.0 Å². The molecule has 6 heteroatoms. The SMILES string of the molecule is CCCN1CCOC(C(=O)c2ccc(Br)c(Cl)c2F)C1. The minimum atomic E-state index is -0.692. The zero-order valence-corrected chi connectivity index (χ0v) is 13.5. The van der Waals surface area contributed by atoms with Crippen LogP contribution in [0.4, 0.5) is 4.39 Å². The number of nitrogens with zero attached hydrogens (tertiary/aromatic N) is 1. The fourth-order valence-corrected chi connectivity index (χ4v) is 2.74. The highest BCUT2D eigenvalue weighted by Gasteiger charge is 2.29. The zero-order valence-electron chi connectivity index (χ0n) is 11.2. The topological polar surface area (TPSA) is 29.5 Å². The predicted molar refractivity (Wildman–Crippen MR) is 79.9 cm³/mol. The summed E-state index contributed by atoms with van der Waals surface area (Å²) in [6, 6.07) is 3.01. The van der Waals surface area contributed by atoms with E-state index in [2.05, 4.69) is 27.8 Å². The number of carbonyl (C=O) groups excluding carboxylic acids is 1. The molecule has 0 aromatic heterocycles. The third-order valence-corrected chi connectivity index (χ3v) is 4.54. The van der Waals surface area contributed by atoms with Gasteiger partial charge in [0.25, 0.3) is 0 Å². The van der Waals surface area contributed by atoms with Crippen LogP contribution in [-0.2, 0) is 4.74 Å². The van der Waals surface area contributed by atoms with E-state index in [1.54, 1.807) is 6.07 Å². The minimum Gasteiger partial charge on any atom is -0.367 e. The Balaban J connectivity index is 2.17. The van der Waals surface area contributed by atoms with Crippen LogP contribution in [0, 0.1) is 5.82 Å². The van der Waals surface area contributed by atoms with Gasteiger partial charge in [0.2, 0.25) is 0 Å². The maximum absolute atomic E-state index is 14.1. The molecule has 1 aromatic carbocycles. The van der Waals surface area contributed by atoms with Crippen molar-refractivity contribution in [2.24, 2.45) is 0 Å². The summed E-state index contributed by atoms with van der Waals surface area (Å²) >= 11 is 8.95. The number of ketones is 1. The summed E-state index contributed by atoms with van der Waals surface area (Å²) in [7, 11) is 0. The number of morpholine rings is 1. The fraction of sp³-hybridized carbons (Fsp3) is 0.500. The molecule has 0 spiro atoms. The summed E-state index contributed by atoms with van der Waals surface area (Å²) in [5, 5.41) is -0.0722. The van der Waals surface area contributed by atoms with Crippen molar-refractivity contribution in [3.8, 4) is 0 Å². The van der Waals surface area contributed by atoms with E-state index in [0.29, 0.717) is 17.6 Å². The second-order valence-electron chi connectivity index (χ2n) is 4.75. The van der Waals surface area contributed by atoms with Gasteiger partial charge in [-0.3, -0.25) is 9.69 Å². The maximum atomic E-state index is 14.1.